The number of fused-ring (bicyclic) bond motifs is 1. The predicted molar refractivity (Wildman–Crippen MR) is 100 cm³/mol. The van der Waals surface area contributed by atoms with Crippen LogP contribution >= 0.6 is 0 Å². The van der Waals surface area contributed by atoms with E-state index in [2.05, 4.69) is 0 Å². The molecule has 1 aliphatic rings. The predicted octanol–water partition coefficient (Wildman–Crippen LogP) is 4.79. The van der Waals surface area contributed by atoms with E-state index in [-0.39, 0.29) is 11.5 Å². The van der Waals surface area contributed by atoms with Crippen LogP contribution in [0.1, 0.15) is 27.4 Å². The number of carbonyl (C=O) groups is 1. The molecule has 0 fully saturated rings. The van der Waals surface area contributed by atoms with Crippen LogP contribution in [0.15, 0.2) is 64.8 Å². The molecule has 0 atom stereocenters. The summed E-state index contributed by atoms with van der Waals surface area (Å²) in [4.78, 5) is 12.5. The molecule has 5 nitrogen and oxygen atoms in total. The summed E-state index contributed by atoms with van der Waals surface area (Å²) < 4.78 is 22.2. The van der Waals surface area contributed by atoms with Crippen LogP contribution in [0, 0.1) is 6.92 Å². The van der Waals surface area contributed by atoms with Crippen LogP contribution in [0.4, 0.5) is 0 Å². The van der Waals surface area contributed by atoms with Gasteiger partial charge in [-0.15, -0.1) is 0 Å². The number of methoxy groups -OCH3 is 1. The van der Waals surface area contributed by atoms with Gasteiger partial charge in [-0.05, 0) is 48.9 Å². The first kappa shape index (κ1) is 17.0. The number of hydrogen-bond donors (Lipinski definition) is 0. The van der Waals surface area contributed by atoms with Crippen molar-refractivity contribution in [1.29, 1.82) is 0 Å². The lowest BCUT2D eigenvalue weighted by Crippen LogP contribution is -1.97. The highest BCUT2D eigenvalue weighted by Crippen LogP contribution is 2.35. The van der Waals surface area contributed by atoms with E-state index < -0.39 is 0 Å². The Kier molecular flexibility index (Phi) is 4.42. The maximum atomic E-state index is 12.5. The number of aryl methyl sites for hydroxylation is 1. The van der Waals surface area contributed by atoms with Crippen LogP contribution < -0.4 is 14.2 Å². The fraction of sp³-hybridized carbons (Fsp3) is 0.136. The second-order valence-corrected chi connectivity index (χ2v) is 6.19. The van der Waals surface area contributed by atoms with E-state index >= 15 is 0 Å². The van der Waals surface area contributed by atoms with Crippen LogP contribution in [0.5, 0.6) is 17.2 Å². The van der Waals surface area contributed by atoms with E-state index in [0.29, 0.717) is 29.4 Å². The number of Topliss-reactive ketones (excluding diaryl/α,β-unsaturated/α-hetero) is 1. The topological polar surface area (TPSA) is 57.9 Å². The number of furan rings is 1. The molecular weight excluding hydrogens is 344 g/mol. The molecule has 0 N–H and O–H groups in total. The van der Waals surface area contributed by atoms with Crippen LogP contribution in [-0.2, 0) is 6.61 Å². The van der Waals surface area contributed by atoms with Gasteiger partial charge >= 0.3 is 0 Å². The summed E-state index contributed by atoms with van der Waals surface area (Å²) in [5, 5.41) is 0. The molecule has 1 aromatic heterocycles. The van der Waals surface area contributed by atoms with E-state index in [9.17, 15) is 4.79 Å². The molecule has 0 amide bonds. The molecule has 0 bridgehead atoms. The van der Waals surface area contributed by atoms with Crippen LogP contribution in [0.2, 0.25) is 0 Å². The second kappa shape index (κ2) is 7.03. The zero-order valence-electron chi connectivity index (χ0n) is 15.0. The van der Waals surface area contributed by atoms with Crippen molar-refractivity contribution in [3.05, 3.63) is 83.0 Å². The molecule has 136 valence electrons. The Morgan fingerprint density at radius 2 is 1.93 bits per heavy atom. The first-order chi connectivity index (χ1) is 13.1. The molecule has 2 aromatic carbocycles. The van der Waals surface area contributed by atoms with E-state index in [1.165, 1.54) is 0 Å². The van der Waals surface area contributed by atoms with Crippen molar-refractivity contribution in [2.75, 3.05) is 7.11 Å². The molecule has 0 spiro atoms. The third kappa shape index (κ3) is 3.58. The summed E-state index contributed by atoms with van der Waals surface area (Å²) in [5.74, 6) is 3.32. The summed E-state index contributed by atoms with van der Waals surface area (Å²) in [7, 11) is 1.63. The van der Waals surface area contributed by atoms with Crippen molar-refractivity contribution in [3.63, 3.8) is 0 Å². The minimum atomic E-state index is -0.168. The first-order valence-corrected chi connectivity index (χ1v) is 8.53. The van der Waals surface area contributed by atoms with Gasteiger partial charge in [-0.1, -0.05) is 12.1 Å². The maximum Gasteiger partial charge on any atom is 0.232 e. The van der Waals surface area contributed by atoms with Gasteiger partial charge in [0, 0.05) is 12.1 Å². The average molecular weight is 362 g/mol. The molecule has 4 rings (SSSR count). The fourth-order valence-electron chi connectivity index (χ4n) is 2.85. The van der Waals surface area contributed by atoms with E-state index in [1.54, 1.807) is 37.5 Å². The molecule has 2 heterocycles. The summed E-state index contributed by atoms with van der Waals surface area (Å²) in [6.07, 6.45) is 1.60. The summed E-state index contributed by atoms with van der Waals surface area (Å²) >= 11 is 0. The number of ether oxygens (including phenoxy) is 3. The van der Waals surface area contributed by atoms with E-state index in [1.807, 2.05) is 37.3 Å². The highest BCUT2D eigenvalue weighted by molar-refractivity contribution is 6.14. The molecule has 0 unspecified atom stereocenters. The van der Waals surface area contributed by atoms with E-state index in [0.717, 1.165) is 17.1 Å². The molecule has 3 aromatic rings. The van der Waals surface area contributed by atoms with Crippen molar-refractivity contribution in [2.24, 2.45) is 0 Å². The molecule has 5 heteroatoms. The SMILES string of the molecule is COc1cccc(COc2ccc3c(c2)OC(=Cc2ccc(C)o2)C3=O)c1. The van der Waals surface area contributed by atoms with Gasteiger partial charge in [-0.3, -0.25) is 4.79 Å². The monoisotopic (exact) mass is 362 g/mol. The summed E-state index contributed by atoms with van der Waals surface area (Å²) in [6.45, 7) is 2.23. The normalized spacial score (nSPS) is 14.1. The minimum absolute atomic E-state index is 0.168. The van der Waals surface area contributed by atoms with Gasteiger partial charge in [-0.25, -0.2) is 0 Å². The number of allylic oxidation sites excluding steroid dienone is 1. The van der Waals surface area contributed by atoms with Gasteiger partial charge in [0.25, 0.3) is 0 Å². The second-order valence-electron chi connectivity index (χ2n) is 6.19. The fourth-order valence-corrected chi connectivity index (χ4v) is 2.85. The highest BCUT2D eigenvalue weighted by atomic mass is 16.5. The third-order valence-electron chi connectivity index (χ3n) is 4.22. The van der Waals surface area contributed by atoms with Gasteiger partial charge in [-0.2, -0.15) is 0 Å². The van der Waals surface area contributed by atoms with Crippen molar-refractivity contribution in [2.45, 2.75) is 13.5 Å². The Morgan fingerprint density at radius 1 is 1.04 bits per heavy atom. The lowest BCUT2D eigenvalue weighted by Gasteiger charge is -2.08. The molecule has 0 aliphatic carbocycles. The Balaban J connectivity index is 1.49. The summed E-state index contributed by atoms with van der Waals surface area (Å²) in [6, 6.07) is 16.5. The van der Waals surface area contributed by atoms with Crippen molar-refractivity contribution in [3.8, 4) is 17.2 Å². The molecule has 0 radical (unpaired) electrons. The Morgan fingerprint density at radius 3 is 2.70 bits per heavy atom. The molecule has 0 saturated heterocycles. The number of carbonyl (C=O) groups excluding carboxylic acids is 1. The van der Waals surface area contributed by atoms with Crippen molar-refractivity contribution < 1.29 is 23.4 Å². The first-order valence-electron chi connectivity index (χ1n) is 8.53. The zero-order valence-corrected chi connectivity index (χ0v) is 15.0. The quantitative estimate of drug-likeness (QED) is 0.611. The molecule has 1 aliphatic heterocycles. The van der Waals surface area contributed by atoms with Crippen LogP contribution in [-0.4, -0.2) is 12.9 Å². The largest absolute Gasteiger partial charge is 0.497 e. The van der Waals surface area contributed by atoms with E-state index in [4.69, 9.17) is 18.6 Å². The maximum absolute atomic E-state index is 12.5. The third-order valence-corrected chi connectivity index (χ3v) is 4.22. The minimum Gasteiger partial charge on any atom is -0.497 e. The van der Waals surface area contributed by atoms with Gasteiger partial charge in [0.05, 0.1) is 12.7 Å². The molecule has 27 heavy (non-hydrogen) atoms. The molecular formula is C22H18O5. The van der Waals surface area contributed by atoms with Crippen molar-refractivity contribution in [1.82, 2.24) is 0 Å². The number of rotatable bonds is 5. The summed E-state index contributed by atoms with van der Waals surface area (Å²) in [5.41, 5.74) is 1.50. The number of ketones is 1. The van der Waals surface area contributed by atoms with Crippen LogP contribution in [0.3, 0.4) is 0 Å². The highest BCUT2D eigenvalue weighted by Gasteiger charge is 2.28. The van der Waals surface area contributed by atoms with Gasteiger partial charge < -0.3 is 18.6 Å². The lowest BCUT2D eigenvalue weighted by molar-refractivity contribution is 0.101. The Bertz CT molecular complexity index is 1030. The van der Waals surface area contributed by atoms with Crippen molar-refractivity contribution >= 4 is 11.9 Å². The average Bonchev–Trinajstić information content (AvgIpc) is 3.23. The van der Waals surface area contributed by atoms with Gasteiger partial charge in [0.1, 0.15) is 35.4 Å². The standard InChI is InChI=1S/C22H18O5/c1-14-6-7-18(26-14)12-21-22(23)19-9-8-17(11-20(19)27-21)25-13-15-4-3-5-16(10-15)24-2/h3-12H,13H2,1-2H3. The number of benzene rings is 2. The number of hydrogen-bond acceptors (Lipinski definition) is 5. The Labute approximate surface area is 156 Å². The smallest absolute Gasteiger partial charge is 0.232 e. The lowest BCUT2D eigenvalue weighted by atomic mass is 10.1. The zero-order chi connectivity index (χ0) is 18.8. The van der Waals surface area contributed by atoms with Gasteiger partial charge in [0.2, 0.25) is 5.78 Å². The molecule has 0 saturated carbocycles. The van der Waals surface area contributed by atoms with Crippen LogP contribution in [0.25, 0.3) is 6.08 Å². The Hall–Kier alpha value is -3.47. The van der Waals surface area contributed by atoms with Gasteiger partial charge in [0.15, 0.2) is 5.76 Å².